The van der Waals surface area contributed by atoms with Crippen molar-refractivity contribution in [2.45, 2.75) is 26.9 Å². The monoisotopic (exact) mass is 279 g/mol. The van der Waals surface area contributed by atoms with Gasteiger partial charge in [0, 0.05) is 37.0 Å². The Hall–Kier alpha value is -1.52. The molecule has 0 unspecified atom stereocenters. The summed E-state index contributed by atoms with van der Waals surface area (Å²) in [5, 5.41) is 17.9. The number of aryl methyl sites for hydroxylation is 2. The number of nitrogens with one attached hydrogen (secondary N) is 1. The van der Waals surface area contributed by atoms with Crippen molar-refractivity contribution in [3.05, 3.63) is 45.7 Å². The molecule has 0 saturated carbocycles. The second-order valence-electron chi connectivity index (χ2n) is 4.62. The van der Waals surface area contributed by atoms with Gasteiger partial charge in [-0.1, -0.05) is 23.7 Å². The highest BCUT2D eigenvalue weighted by Crippen LogP contribution is 2.26. The summed E-state index contributed by atoms with van der Waals surface area (Å²) in [6.07, 6.45) is 0. The van der Waals surface area contributed by atoms with E-state index in [0.717, 1.165) is 23.5 Å². The van der Waals surface area contributed by atoms with Crippen LogP contribution in [0.25, 0.3) is 0 Å². The van der Waals surface area contributed by atoms with E-state index in [2.05, 4.69) is 10.4 Å². The second kappa shape index (κ2) is 5.63. The smallest absolute Gasteiger partial charge is 0.138 e. The fraction of sp³-hybridized carbons (Fsp3) is 0.357. The van der Waals surface area contributed by atoms with Crippen LogP contribution in [0, 0.1) is 13.8 Å². The number of aromatic hydroxyl groups is 1. The molecule has 0 aliphatic carbocycles. The lowest BCUT2D eigenvalue weighted by Crippen LogP contribution is -2.14. The third-order valence-electron chi connectivity index (χ3n) is 3.35. The van der Waals surface area contributed by atoms with Crippen molar-refractivity contribution in [1.29, 1.82) is 0 Å². The molecule has 19 heavy (non-hydrogen) atoms. The molecule has 0 spiro atoms. The summed E-state index contributed by atoms with van der Waals surface area (Å²) in [5.41, 5.74) is 4.18. The van der Waals surface area contributed by atoms with Crippen molar-refractivity contribution in [2.75, 3.05) is 0 Å². The van der Waals surface area contributed by atoms with Gasteiger partial charge in [0.25, 0.3) is 0 Å². The van der Waals surface area contributed by atoms with Crippen LogP contribution in [0.3, 0.4) is 0 Å². The maximum Gasteiger partial charge on any atom is 0.138 e. The summed E-state index contributed by atoms with van der Waals surface area (Å²) in [6.45, 7) is 5.34. The van der Waals surface area contributed by atoms with Crippen LogP contribution in [0.1, 0.15) is 22.5 Å². The Kier molecular flexibility index (Phi) is 4.12. The van der Waals surface area contributed by atoms with Crippen LogP contribution in [-0.4, -0.2) is 14.9 Å². The Morgan fingerprint density at radius 3 is 2.68 bits per heavy atom. The Bertz CT molecular complexity index is 593. The average Bonchev–Trinajstić information content (AvgIpc) is 2.61. The SMILES string of the molecule is Cc1nn(C)c(C)c1CNCc1cccc(Cl)c1O. The number of hydrogen-bond donors (Lipinski definition) is 2. The molecule has 2 N–H and O–H groups in total. The van der Waals surface area contributed by atoms with Gasteiger partial charge < -0.3 is 10.4 Å². The van der Waals surface area contributed by atoms with E-state index in [-0.39, 0.29) is 5.75 Å². The average molecular weight is 280 g/mol. The molecule has 0 saturated heterocycles. The standard InChI is InChI=1S/C14H18ClN3O/c1-9-12(10(2)18(3)17-9)8-16-7-11-5-4-6-13(15)14(11)19/h4-6,16,19H,7-8H2,1-3H3. The molecule has 0 aliphatic rings. The lowest BCUT2D eigenvalue weighted by Gasteiger charge is -2.08. The molecular weight excluding hydrogens is 262 g/mol. The Balaban J connectivity index is 2.02. The Morgan fingerprint density at radius 2 is 2.05 bits per heavy atom. The number of hydrogen-bond acceptors (Lipinski definition) is 3. The molecular formula is C14H18ClN3O. The third-order valence-corrected chi connectivity index (χ3v) is 3.65. The first-order chi connectivity index (χ1) is 9.00. The third kappa shape index (κ3) is 2.91. The summed E-state index contributed by atoms with van der Waals surface area (Å²) in [4.78, 5) is 0. The molecule has 0 aliphatic heterocycles. The van der Waals surface area contributed by atoms with E-state index < -0.39 is 0 Å². The number of phenolic OH excluding ortho intramolecular Hbond substituents is 1. The first-order valence-corrected chi connectivity index (χ1v) is 6.54. The summed E-state index contributed by atoms with van der Waals surface area (Å²) >= 11 is 5.87. The first kappa shape index (κ1) is 13.9. The second-order valence-corrected chi connectivity index (χ2v) is 5.03. The Labute approximate surface area is 118 Å². The summed E-state index contributed by atoms with van der Waals surface area (Å²) in [7, 11) is 1.94. The van der Waals surface area contributed by atoms with Crippen molar-refractivity contribution < 1.29 is 5.11 Å². The number of benzene rings is 1. The van der Waals surface area contributed by atoms with Crippen molar-refractivity contribution in [3.8, 4) is 5.75 Å². The van der Waals surface area contributed by atoms with E-state index in [1.54, 1.807) is 6.07 Å². The topological polar surface area (TPSA) is 50.1 Å². The van der Waals surface area contributed by atoms with Gasteiger partial charge in [-0.25, -0.2) is 0 Å². The van der Waals surface area contributed by atoms with E-state index in [1.165, 1.54) is 5.56 Å². The van der Waals surface area contributed by atoms with Crippen LogP contribution >= 0.6 is 11.6 Å². The fourth-order valence-electron chi connectivity index (χ4n) is 2.10. The van der Waals surface area contributed by atoms with Gasteiger partial charge in [0.15, 0.2) is 0 Å². The van der Waals surface area contributed by atoms with Crippen LogP contribution < -0.4 is 5.32 Å². The molecule has 102 valence electrons. The molecule has 0 fully saturated rings. The molecule has 1 aromatic heterocycles. The zero-order chi connectivity index (χ0) is 14.0. The van der Waals surface area contributed by atoms with Gasteiger partial charge in [0.2, 0.25) is 0 Å². The number of rotatable bonds is 4. The minimum absolute atomic E-state index is 0.149. The van der Waals surface area contributed by atoms with E-state index in [1.807, 2.05) is 37.7 Å². The molecule has 0 atom stereocenters. The van der Waals surface area contributed by atoms with Crippen LogP contribution in [0.5, 0.6) is 5.75 Å². The normalized spacial score (nSPS) is 10.9. The van der Waals surface area contributed by atoms with Gasteiger partial charge in [0.1, 0.15) is 5.75 Å². The van der Waals surface area contributed by atoms with Crippen molar-refractivity contribution in [1.82, 2.24) is 15.1 Å². The molecule has 5 heteroatoms. The lowest BCUT2D eigenvalue weighted by atomic mass is 10.1. The zero-order valence-corrected chi connectivity index (χ0v) is 12.1. The quantitative estimate of drug-likeness (QED) is 0.905. The molecule has 1 heterocycles. The highest BCUT2D eigenvalue weighted by Gasteiger charge is 2.09. The maximum atomic E-state index is 9.82. The zero-order valence-electron chi connectivity index (χ0n) is 11.4. The number of halogens is 1. The van der Waals surface area contributed by atoms with E-state index in [4.69, 9.17) is 11.6 Å². The van der Waals surface area contributed by atoms with Crippen molar-refractivity contribution in [2.24, 2.45) is 7.05 Å². The van der Waals surface area contributed by atoms with Crippen molar-refractivity contribution in [3.63, 3.8) is 0 Å². The molecule has 4 nitrogen and oxygen atoms in total. The summed E-state index contributed by atoms with van der Waals surface area (Å²) in [6, 6.07) is 5.37. The Morgan fingerprint density at radius 1 is 1.32 bits per heavy atom. The number of nitrogens with zero attached hydrogens (tertiary/aromatic N) is 2. The van der Waals surface area contributed by atoms with Gasteiger partial charge in [-0.3, -0.25) is 4.68 Å². The molecule has 2 rings (SSSR count). The number of para-hydroxylation sites is 1. The fourth-order valence-corrected chi connectivity index (χ4v) is 2.29. The van der Waals surface area contributed by atoms with Crippen LogP contribution in [0.2, 0.25) is 5.02 Å². The molecule has 0 bridgehead atoms. The highest BCUT2D eigenvalue weighted by molar-refractivity contribution is 6.32. The van der Waals surface area contributed by atoms with E-state index >= 15 is 0 Å². The molecule has 0 radical (unpaired) electrons. The number of aromatic nitrogens is 2. The molecule has 1 aromatic carbocycles. The largest absolute Gasteiger partial charge is 0.506 e. The summed E-state index contributed by atoms with van der Waals surface area (Å²) in [5.74, 6) is 0.149. The molecule has 0 amide bonds. The summed E-state index contributed by atoms with van der Waals surface area (Å²) < 4.78 is 1.88. The first-order valence-electron chi connectivity index (χ1n) is 6.17. The van der Waals surface area contributed by atoms with Crippen LogP contribution in [-0.2, 0) is 20.1 Å². The van der Waals surface area contributed by atoms with E-state index in [0.29, 0.717) is 11.6 Å². The molecule has 2 aromatic rings. The predicted octanol–water partition coefficient (Wildman–Crippen LogP) is 2.69. The van der Waals surface area contributed by atoms with Gasteiger partial charge >= 0.3 is 0 Å². The van der Waals surface area contributed by atoms with Gasteiger partial charge in [0.05, 0.1) is 10.7 Å². The lowest BCUT2D eigenvalue weighted by molar-refractivity contribution is 0.464. The minimum atomic E-state index is 0.149. The maximum absolute atomic E-state index is 9.82. The highest BCUT2D eigenvalue weighted by atomic mass is 35.5. The van der Waals surface area contributed by atoms with Crippen LogP contribution in [0.15, 0.2) is 18.2 Å². The van der Waals surface area contributed by atoms with Gasteiger partial charge in [-0.05, 0) is 19.9 Å². The predicted molar refractivity (Wildman–Crippen MR) is 76.3 cm³/mol. The van der Waals surface area contributed by atoms with Gasteiger partial charge in [-0.15, -0.1) is 0 Å². The van der Waals surface area contributed by atoms with E-state index in [9.17, 15) is 5.11 Å². The minimum Gasteiger partial charge on any atom is -0.506 e. The van der Waals surface area contributed by atoms with Gasteiger partial charge in [-0.2, -0.15) is 5.10 Å². The number of phenols is 1. The van der Waals surface area contributed by atoms with Crippen LogP contribution in [0.4, 0.5) is 0 Å². The van der Waals surface area contributed by atoms with Crippen molar-refractivity contribution >= 4 is 11.6 Å².